The van der Waals surface area contributed by atoms with Crippen LogP contribution in [0.4, 0.5) is 0 Å². The minimum Gasteiger partial charge on any atom is -0.380 e. The third-order valence-electron chi connectivity index (χ3n) is 2.11. The first kappa shape index (κ1) is 8.02. The molecule has 0 aliphatic carbocycles. The number of nitrogens with zero attached hydrogens (tertiary/aromatic N) is 1. The monoisotopic (exact) mass is 183 g/mol. The number of hydrogen-bond acceptors (Lipinski definition) is 2. The van der Waals surface area contributed by atoms with Gasteiger partial charge in [0.2, 0.25) is 0 Å². The molecule has 12 heavy (non-hydrogen) atoms. The SMILES string of the molecule is Cc1ccc(C2COC2)nc1Cl. The van der Waals surface area contributed by atoms with Gasteiger partial charge >= 0.3 is 0 Å². The summed E-state index contributed by atoms with van der Waals surface area (Å²) in [6.45, 7) is 3.52. The summed E-state index contributed by atoms with van der Waals surface area (Å²) in [5, 5.41) is 0.611. The van der Waals surface area contributed by atoms with Crippen molar-refractivity contribution in [2.75, 3.05) is 13.2 Å². The Bertz CT molecular complexity index is 297. The summed E-state index contributed by atoms with van der Waals surface area (Å²) in [5.41, 5.74) is 2.08. The van der Waals surface area contributed by atoms with Gasteiger partial charge in [-0.2, -0.15) is 0 Å². The van der Waals surface area contributed by atoms with Crippen molar-refractivity contribution < 1.29 is 4.74 Å². The molecule has 1 aliphatic heterocycles. The fraction of sp³-hybridized carbons (Fsp3) is 0.444. The van der Waals surface area contributed by atoms with E-state index in [1.54, 1.807) is 0 Å². The number of aromatic nitrogens is 1. The van der Waals surface area contributed by atoms with E-state index in [0.717, 1.165) is 24.5 Å². The highest BCUT2D eigenvalue weighted by molar-refractivity contribution is 6.30. The molecular formula is C9H10ClNO. The van der Waals surface area contributed by atoms with E-state index < -0.39 is 0 Å². The fourth-order valence-corrected chi connectivity index (χ4v) is 1.31. The van der Waals surface area contributed by atoms with Crippen molar-refractivity contribution in [3.05, 3.63) is 28.5 Å². The predicted octanol–water partition coefficient (Wildman–Crippen LogP) is 2.16. The summed E-state index contributed by atoms with van der Waals surface area (Å²) < 4.78 is 5.08. The second-order valence-electron chi connectivity index (χ2n) is 3.08. The van der Waals surface area contributed by atoms with Crippen LogP contribution in [0.3, 0.4) is 0 Å². The summed E-state index contributed by atoms with van der Waals surface area (Å²) in [4.78, 5) is 4.28. The smallest absolute Gasteiger partial charge is 0.132 e. The molecule has 0 N–H and O–H groups in total. The van der Waals surface area contributed by atoms with Crippen molar-refractivity contribution in [3.8, 4) is 0 Å². The first-order valence-electron chi connectivity index (χ1n) is 3.98. The molecule has 64 valence electrons. The molecule has 0 unspecified atom stereocenters. The van der Waals surface area contributed by atoms with Crippen LogP contribution in [0.2, 0.25) is 5.15 Å². The zero-order chi connectivity index (χ0) is 8.55. The molecule has 1 fully saturated rings. The normalized spacial score (nSPS) is 17.5. The lowest BCUT2D eigenvalue weighted by Gasteiger charge is -2.25. The van der Waals surface area contributed by atoms with Gasteiger partial charge in [-0.25, -0.2) is 4.98 Å². The molecule has 0 saturated carbocycles. The predicted molar refractivity (Wildman–Crippen MR) is 47.5 cm³/mol. The molecule has 0 radical (unpaired) electrons. The van der Waals surface area contributed by atoms with Crippen molar-refractivity contribution in [3.63, 3.8) is 0 Å². The lowest BCUT2D eigenvalue weighted by atomic mass is 10.0. The first-order valence-corrected chi connectivity index (χ1v) is 4.36. The molecule has 1 aromatic rings. The first-order chi connectivity index (χ1) is 5.77. The van der Waals surface area contributed by atoms with Gasteiger partial charge in [-0.1, -0.05) is 17.7 Å². The summed E-state index contributed by atoms with van der Waals surface area (Å²) in [5.74, 6) is 0.461. The van der Waals surface area contributed by atoms with Gasteiger partial charge in [0.15, 0.2) is 0 Å². The van der Waals surface area contributed by atoms with Gasteiger partial charge in [0.1, 0.15) is 5.15 Å². The van der Waals surface area contributed by atoms with Crippen LogP contribution in [0.1, 0.15) is 17.2 Å². The maximum Gasteiger partial charge on any atom is 0.132 e. The van der Waals surface area contributed by atoms with E-state index in [0.29, 0.717) is 11.1 Å². The molecule has 0 atom stereocenters. The standard InChI is InChI=1S/C9H10ClNO/c1-6-2-3-8(11-9(6)10)7-4-12-5-7/h2-3,7H,4-5H2,1H3. The molecule has 0 spiro atoms. The molecule has 1 aliphatic rings. The molecule has 0 bridgehead atoms. The van der Waals surface area contributed by atoms with Gasteiger partial charge in [-0.15, -0.1) is 0 Å². The largest absolute Gasteiger partial charge is 0.380 e. The van der Waals surface area contributed by atoms with Gasteiger partial charge in [-0.3, -0.25) is 0 Å². The van der Waals surface area contributed by atoms with E-state index in [2.05, 4.69) is 4.98 Å². The highest BCUT2D eigenvalue weighted by atomic mass is 35.5. The number of halogens is 1. The number of pyridine rings is 1. The summed E-state index contributed by atoms with van der Waals surface area (Å²) in [6, 6.07) is 4.03. The van der Waals surface area contributed by atoms with Gasteiger partial charge < -0.3 is 4.74 Å². The fourth-order valence-electron chi connectivity index (χ4n) is 1.15. The van der Waals surface area contributed by atoms with Crippen molar-refractivity contribution in [1.29, 1.82) is 0 Å². The molecule has 2 heterocycles. The van der Waals surface area contributed by atoms with E-state index in [4.69, 9.17) is 16.3 Å². The lowest BCUT2D eigenvalue weighted by Crippen LogP contribution is -2.25. The van der Waals surface area contributed by atoms with E-state index >= 15 is 0 Å². The van der Waals surface area contributed by atoms with Crippen molar-refractivity contribution >= 4 is 11.6 Å². The minimum atomic E-state index is 0.461. The Balaban J connectivity index is 2.27. The molecule has 1 saturated heterocycles. The Morgan fingerprint density at radius 1 is 1.50 bits per heavy atom. The van der Waals surface area contributed by atoms with Crippen molar-refractivity contribution in [2.24, 2.45) is 0 Å². The number of rotatable bonds is 1. The zero-order valence-corrected chi connectivity index (χ0v) is 7.64. The summed E-state index contributed by atoms with van der Waals surface area (Å²) in [7, 11) is 0. The minimum absolute atomic E-state index is 0.461. The maximum atomic E-state index is 5.89. The molecule has 0 amide bonds. The quantitative estimate of drug-likeness (QED) is 0.623. The van der Waals surface area contributed by atoms with E-state index in [9.17, 15) is 0 Å². The van der Waals surface area contributed by atoms with Crippen LogP contribution < -0.4 is 0 Å². The van der Waals surface area contributed by atoms with Crippen LogP contribution >= 0.6 is 11.6 Å². The molecule has 2 rings (SSSR count). The Kier molecular flexibility index (Phi) is 2.03. The Morgan fingerprint density at radius 2 is 2.25 bits per heavy atom. The zero-order valence-electron chi connectivity index (χ0n) is 6.88. The van der Waals surface area contributed by atoms with E-state index in [1.165, 1.54) is 0 Å². The van der Waals surface area contributed by atoms with E-state index in [-0.39, 0.29) is 0 Å². The average Bonchev–Trinajstić information content (AvgIpc) is 1.93. The van der Waals surface area contributed by atoms with Crippen LogP contribution in [-0.2, 0) is 4.74 Å². The van der Waals surface area contributed by atoms with Crippen molar-refractivity contribution in [1.82, 2.24) is 4.98 Å². The molecule has 0 aromatic carbocycles. The average molecular weight is 184 g/mol. The highest BCUT2D eigenvalue weighted by Crippen LogP contribution is 2.24. The third kappa shape index (κ3) is 1.32. The second kappa shape index (κ2) is 3.04. The molecule has 2 nitrogen and oxygen atoms in total. The maximum absolute atomic E-state index is 5.89. The number of ether oxygens (including phenoxy) is 1. The number of hydrogen-bond donors (Lipinski definition) is 0. The Labute approximate surface area is 76.5 Å². The summed E-state index contributed by atoms with van der Waals surface area (Å²) >= 11 is 5.89. The van der Waals surface area contributed by atoms with Gasteiger partial charge in [0.25, 0.3) is 0 Å². The van der Waals surface area contributed by atoms with Gasteiger partial charge in [-0.05, 0) is 18.6 Å². The Hall–Kier alpha value is -0.600. The van der Waals surface area contributed by atoms with Crippen LogP contribution in [0.15, 0.2) is 12.1 Å². The second-order valence-corrected chi connectivity index (χ2v) is 3.44. The van der Waals surface area contributed by atoms with Gasteiger partial charge in [0.05, 0.1) is 13.2 Å². The van der Waals surface area contributed by atoms with Crippen LogP contribution in [0, 0.1) is 6.92 Å². The number of aryl methyl sites for hydroxylation is 1. The lowest BCUT2D eigenvalue weighted by molar-refractivity contribution is 0.00672. The van der Waals surface area contributed by atoms with Crippen molar-refractivity contribution in [2.45, 2.75) is 12.8 Å². The molecule has 3 heteroatoms. The Morgan fingerprint density at radius 3 is 2.75 bits per heavy atom. The topological polar surface area (TPSA) is 22.1 Å². The third-order valence-corrected chi connectivity index (χ3v) is 2.50. The van der Waals surface area contributed by atoms with Crippen LogP contribution in [0.25, 0.3) is 0 Å². The van der Waals surface area contributed by atoms with E-state index in [1.807, 2.05) is 19.1 Å². The van der Waals surface area contributed by atoms with Gasteiger partial charge in [0, 0.05) is 11.6 Å². The van der Waals surface area contributed by atoms with Crippen LogP contribution in [0.5, 0.6) is 0 Å². The molecular weight excluding hydrogens is 174 g/mol. The highest BCUT2D eigenvalue weighted by Gasteiger charge is 2.21. The summed E-state index contributed by atoms with van der Waals surface area (Å²) in [6.07, 6.45) is 0. The van der Waals surface area contributed by atoms with Crippen LogP contribution in [-0.4, -0.2) is 18.2 Å². The molecule has 1 aromatic heterocycles.